The minimum Gasteiger partial charge on any atom is -0.347 e. The lowest BCUT2D eigenvalue weighted by atomic mass is 9.86. The predicted molar refractivity (Wildman–Crippen MR) is 106 cm³/mol. The second-order valence-corrected chi connectivity index (χ2v) is 7.97. The number of ketones is 2. The zero-order chi connectivity index (χ0) is 18.7. The summed E-state index contributed by atoms with van der Waals surface area (Å²) in [5.74, 6) is -0.740. The van der Waals surface area contributed by atoms with Crippen molar-refractivity contribution in [3.8, 4) is 0 Å². The topological polar surface area (TPSA) is 37.4 Å². The number of anilines is 1. The molecule has 1 heterocycles. The fourth-order valence-corrected chi connectivity index (χ4v) is 3.25. The van der Waals surface area contributed by atoms with Crippen LogP contribution in [0.5, 0.6) is 0 Å². The fourth-order valence-electron chi connectivity index (χ4n) is 3.25. The molecule has 3 heteroatoms. The maximum Gasteiger partial charge on any atom is 0.230 e. The van der Waals surface area contributed by atoms with Crippen LogP contribution in [0.15, 0.2) is 60.8 Å². The van der Waals surface area contributed by atoms with Crippen LogP contribution in [0.4, 0.5) is 5.69 Å². The van der Waals surface area contributed by atoms with Crippen molar-refractivity contribution in [1.82, 2.24) is 0 Å². The number of hydrogen-bond donors (Lipinski definition) is 0. The van der Waals surface area contributed by atoms with Gasteiger partial charge >= 0.3 is 0 Å². The number of carbonyl (C=O) groups is 2. The number of benzene rings is 2. The quantitative estimate of drug-likeness (QED) is 0.583. The molecule has 0 aromatic heterocycles. The molecule has 0 amide bonds. The molecule has 134 valence electrons. The number of allylic oxidation sites excluding steroid dienone is 1. The molecular weight excluding hydrogens is 322 g/mol. The summed E-state index contributed by atoms with van der Waals surface area (Å²) in [6.07, 6.45) is 3.04. The van der Waals surface area contributed by atoms with E-state index in [1.165, 1.54) is 5.56 Å². The molecule has 0 atom stereocenters. The highest BCUT2D eigenvalue weighted by Gasteiger charge is 2.27. The lowest BCUT2D eigenvalue weighted by molar-refractivity contribution is -0.134. The lowest BCUT2D eigenvalue weighted by Crippen LogP contribution is -2.24. The Bertz CT molecular complexity index is 844. The van der Waals surface area contributed by atoms with E-state index in [1.54, 1.807) is 0 Å². The van der Waals surface area contributed by atoms with E-state index in [0.717, 1.165) is 24.2 Å². The molecule has 2 aromatic carbocycles. The van der Waals surface area contributed by atoms with Gasteiger partial charge in [-0.1, -0.05) is 69.3 Å². The Morgan fingerprint density at radius 1 is 1.00 bits per heavy atom. The molecule has 1 aliphatic heterocycles. The van der Waals surface area contributed by atoms with Crippen molar-refractivity contribution in [2.24, 2.45) is 5.41 Å². The maximum absolute atomic E-state index is 13.0. The molecule has 0 fully saturated rings. The van der Waals surface area contributed by atoms with E-state index in [-0.39, 0.29) is 17.6 Å². The lowest BCUT2D eigenvalue weighted by Gasteiger charge is -2.19. The average molecular weight is 347 g/mol. The van der Waals surface area contributed by atoms with Crippen molar-refractivity contribution < 1.29 is 9.59 Å². The van der Waals surface area contributed by atoms with E-state index in [0.29, 0.717) is 5.57 Å². The number of nitrogens with zero attached hydrogens (tertiary/aromatic N) is 1. The minimum absolute atomic E-state index is 0.214. The molecule has 3 nitrogen and oxygen atoms in total. The number of fused-ring (bicyclic) bond motifs is 1. The number of carbonyl (C=O) groups excluding carboxylic acids is 2. The van der Waals surface area contributed by atoms with E-state index in [9.17, 15) is 9.59 Å². The number of Topliss-reactive ketones (excluding diaryl/α,β-unsaturated/α-hetero) is 2. The van der Waals surface area contributed by atoms with Gasteiger partial charge < -0.3 is 4.90 Å². The van der Waals surface area contributed by atoms with Crippen LogP contribution in [0.1, 0.15) is 38.3 Å². The van der Waals surface area contributed by atoms with Gasteiger partial charge in [-0.15, -0.1) is 0 Å². The Morgan fingerprint density at radius 2 is 1.65 bits per heavy atom. The van der Waals surface area contributed by atoms with Crippen molar-refractivity contribution in [2.45, 2.75) is 33.6 Å². The minimum atomic E-state index is -0.407. The first kappa shape index (κ1) is 18.1. The monoisotopic (exact) mass is 347 g/mol. The second kappa shape index (κ2) is 7.28. The summed E-state index contributed by atoms with van der Waals surface area (Å²) in [6.45, 7) is 6.73. The van der Waals surface area contributed by atoms with Crippen LogP contribution in [0, 0.1) is 5.41 Å². The van der Waals surface area contributed by atoms with E-state index in [4.69, 9.17) is 0 Å². The van der Waals surface area contributed by atoms with Gasteiger partial charge in [-0.25, -0.2) is 0 Å². The third kappa shape index (κ3) is 4.10. The largest absolute Gasteiger partial charge is 0.347 e. The van der Waals surface area contributed by atoms with Crippen molar-refractivity contribution >= 4 is 22.8 Å². The molecule has 26 heavy (non-hydrogen) atoms. The molecule has 0 saturated heterocycles. The van der Waals surface area contributed by atoms with Crippen molar-refractivity contribution in [3.63, 3.8) is 0 Å². The van der Waals surface area contributed by atoms with Gasteiger partial charge in [-0.05, 0) is 29.0 Å². The van der Waals surface area contributed by atoms with Crippen LogP contribution >= 0.6 is 0 Å². The first-order valence-electron chi connectivity index (χ1n) is 9.04. The predicted octanol–water partition coefficient (Wildman–Crippen LogP) is 4.66. The summed E-state index contributed by atoms with van der Waals surface area (Å²) >= 11 is 0. The Kier molecular flexibility index (Phi) is 5.08. The number of rotatable bonds is 5. The zero-order valence-electron chi connectivity index (χ0n) is 15.7. The molecule has 2 aromatic rings. The summed E-state index contributed by atoms with van der Waals surface area (Å²) in [6, 6.07) is 17.7. The molecular formula is C23H25NO2. The molecule has 0 N–H and O–H groups in total. The fraction of sp³-hybridized carbons (Fsp3) is 0.304. The van der Waals surface area contributed by atoms with E-state index >= 15 is 0 Å². The molecule has 0 radical (unpaired) electrons. The van der Waals surface area contributed by atoms with Crippen molar-refractivity contribution in [1.29, 1.82) is 0 Å². The molecule has 3 rings (SSSR count). The van der Waals surface area contributed by atoms with Gasteiger partial charge in [-0.3, -0.25) is 9.59 Å². The first-order valence-corrected chi connectivity index (χ1v) is 9.04. The highest BCUT2D eigenvalue weighted by atomic mass is 16.2. The molecule has 0 spiro atoms. The number of hydrogen-bond acceptors (Lipinski definition) is 3. The van der Waals surface area contributed by atoms with E-state index in [2.05, 4.69) is 17.0 Å². The normalized spacial score (nSPS) is 14.3. The van der Waals surface area contributed by atoms with Gasteiger partial charge in [0.15, 0.2) is 0 Å². The van der Waals surface area contributed by atoms with Crippen LogP contribution < -0.4 is 4.90 Å². The van der Waals surface area contributed by atoms with Gasteiger partial charge in [0.25, 0.3) is 0 Å². The van der Waals surface area contributed by atoms with Crippen LogP contribution in [-0.4, -0.2) is 18.1 Å². The second-order valence-electron chi connectivity index (χ2n) is 7.97. The van der Waals surface area contributed by atoms with Crippen LogP contribution in [0.25, 0.3) is 5.57 Å². The Hall–Kier alpha value is -2.68. The maximum atomic E-state index is 13.0. The number of para-hydroxylation sites is 1. The Morgan fingerprint density at radius 3 is 2.35 bits per heavy atom. The van der Waals surface area contributed by atoms with Crippen LogP contribution in [-0.2, 0) is 16.0 Å². The summed E-state index contributed by atoms with van der Waals surface area (Å²) < 4.78 is 0. The third-order valence-electron chi connectivity index (χ3n) is 4.48. The summed E-state index contributed by atoms with van der Waals surface area (Å²) in [7, 11) is 0. The molecule has 0 saturated carbocycles. The van der Waals surface area contributed by atoms with Gasteiger partial charge in [0, 0.05) is 30.4 Å². The molecule has 0 bridgehead atoms. The Balaban J connectivity index is 1.98. The molecule has 0 unspecified atom stereocenters. The van der Waals surface area contributed by atoms with Crippen molar-refractivity contribution in [2.75, 3.05) is 11.4 Å². The van der Waals surface area contributed by atoms with E-state index in [1.807, 2.05) is 69.4 Å². The Labute approximate surface area is 155 Å². The van der Waals surface area contributed by atoms with Gasteiger partial charge in [0.1, 0.15) is 0 Å². The van der Waals surface area contributed by atoms with Gasteiger partial charge in [0.05, 0.1) is 0 Å². The van der Waals surface area contributed by atoms with Gasteiger partial charge in [-0.2, -0.15) is 0 Å². The highest BCUT2D eigenvalue weighted by molar-refractivity contribution is 6.54. The summed E-state index contributed by atoms with van der Waals surface area (Å²) in [4.78, 5) is 27.6. The standard InChI is InChI=1S/C23H25NO2/c1-23(2,3)15-21(25)22(26)19(17-9-5-4-6-10-17)16-24-14-13-18-11-7-8-12-20(18)24/h4-12,16H,13-15H2,1-3H3/b19-16+. The third-order valence-corrected chi connectivity index (χ3v) is 4.48. The summed E-state index contributed by atoms with van der Waals surface area (Å²) in [5.41, 5.74) is 3.41. The first-order chi connectivity index (χ1) is 12.3. The van der Waals surface area contributed by atoms with Crippen LogP contribution in [0.2, 0.25) is 0 Å². The smallest absolute Gasteiger partial charge is 0.230 e. The average Bonchev–Trinajstić information content (AvgIpc) is 3.01. The van der Waals surface area contributed by atoms with Crippen LogP contribution in [0.3, 0.4) is 0 Å². The SMILES string of the molecule is CC(C)(C)CC(=O)C(=O)/C(=C/N1CCc2ccccc21)c1ccccc1. The highest BCUT2D eigenvalue weighted by Crippen LogP contribution is 2.30. The zero-order valence-corrected chi connectivity index (χ0v) is 15.7. The van der Waals surface area contributed by atoms with Crippen molar-refractivity contribution in [3.05, 3.63) is 71.9 Å². The molecule has 1 aliphatic rings. The van der Waals surface area contributed by atoms with E-state index < -0.39 is 5.78 Å². The van der Waals surface area contributed by atoms with Gasteiger partial charge in [0.2, 0.25) is 11.6 Å². The summed E-state index contributed by atoms with van der Waals surface area (Å²) in [5, 5.41) is 0. The molecule has 0 aliphatic carbocycles.